The third-order valence-corrected chi connectivity index (χ3v) is 11.9. The molecule has 216 valence electrons. The van der Waals surface area contributed by atoms with Crippen molar-refractivity contribution >= 4 is 11.9 Å². The summed E-state index contributed by atoms with van der Waals surface area (Å²) in [5, 5.41) is 22.6. The molecule has 4 aliphatic carbocycles. The highest BCUT2D eigenvalue weighted by atomic mass is 16.6. The Hall–Kier alpha value is -1.40. The number of aliphatic hydroxyl groups is 2. The third kappa shape index (κ3) is 5.09. The Balaban J connectivity index is 1.53. The van der Waals surface area contributed by atoms with E-state index in [9.17, 15) is 19.8 Å². The molecule has 38 heavy (non-hydrogen) atoms. The Morgan fingerprint density at radius 2 is 1.68 bits per heavy atom. The van der Waals surface area contributed by atoms with Crippen molar-refractivity contribution in [3.63, 3.8) is 0 Å². The topological polar surface area (TPSA) is 93.1 Å². The van der Waals surface area contributed by atoms with Gasteiger partial charge in [-0.1, -0.05) is 26.3 Å². The summed E-state index contributed by atoms with van der Waals surface area (Å²) in [7, 11) is 0. The van der Waals surface area contributed by atoms with Gasteiger partial charge in [-0.25, -0.2) is 0 Å². The van der Waals surface area contributed by atoms with E-state index in [4.69, 9.17) is 9.47 Å². The Morgan fingerprint density at radius 3 is 2.32 bits per heavy atom. The van der Waals surface area contributed by atoms with Crippen molar-refractivity contribution in [2.75, 3.05) is 6.61 Å². The van der Waals surface area contributed by atoms with Crippen LogP contribution in [0.3, 0.4) is 0 Å². The number of carbonyl (C=O) groups is 2. The number of fused-ring (bicyclic) bond motifs is 5. The van der Waals surface area contributed by atoms with Gasteiger partial charge in [-0.3, -0.25) is 9.59 Å². The van der Waals surface area contributed by atoms with Crippen LogP contribution in [0.2, 0.25) is 0 Å². The van der Waals surface area contributed by atoms with Gasteiger partial charge in [0.25, 0.3) is 0 Å². The number of ether oxygens (including phenoxy) is 2. The molecule has 0 saturated heterocycles. The molecule has 4 rings (SSSR count). The van der Waals surface area contributed by atoms with Gasteiger partial charge in [0.2, 0.25) is 0 Å². The fraction of sp³-hybridized carbons (Fsp3) is 0.875. The van der Waals surface area contributed by atoms with Crippen LogP contribution in [0.5, 0.6) is 0 Å². The fourth-order valence-corrected chi connectivity index (χ4v) is 9.81. The molecule has 0 radical (unpaired) electrons. The van der Waals surface area contributed by atoms with Crippen LogP contribution in [0.1, 0.15) is 113 Å². The third-order valence-electron chi connectivity index (χ3n) is 11.9. The lowest BCUT2D eigenvalue weighted by atomic mass is 9.42. The van der Waals surface area contributed by atoms with Crippen molar-refractivity contribution in [3.05, 3.63) is 11.1 Å². The Morgan fingerprint density at radius 1 is 0.974 bits per heavy atom. The lowest BCUT2D eigenvalue weighted by Crippen LogP contribution is -2.69. The molecule has 0 heterocycles. The van der Waals surface area contributed by atoms with Crippen LogP contribution in [0, 0.1) is 40.4 Å². The molecule has 0 bridgehead atoms. The molecule has 0 aromatic heterocycles. The van der Waals surface area contributed by atoms with Gasteiger partial charge in [-0.05, 0) is 112 Å². The molecule has 0 aliphatic heterocycles. The molecule has 0 spiro atoms. The van der Waals surface area contributed by atoms with Crippen molar-refractivity contribution < 1.29 is 29.3 Å². The van der Waals surface area contributed by atoms with E-state index in [-0.39, 0.29) is 22.8 Å². The summed E-state index contributed by atoms with van der Waals surface area (Å²) in [5.41, 5.74) is 1.20. The van der Waals surface area contributed by atoms with Crippen molar-refractivity contribution in [2.24, 2.45) is 40.4 Å². The molecule has 6 nitrogen and oxygen atoms in total. The molecule has 0 aromatic carbocycles. The summed E-state index contributed by atoms with van der Waals surface area (Å²) in [5.74, 6) is 2.00. The lowest BCUT2D eigenvalue weighted by Gasteiger charge is -2.65. The number of hydrogen-bond donors (Lipinski definition) is 2. The van der Waals surface area contributed by atoms with E-state index < -0.39 is 17.8 Å². The maximum atomic E-state index is 12.1. The van der Waals surface area contributed by atoms with Crippen molar-refractivity contribution in [1.29, 1.82) is 0 Å². The zero-order valence-electron chi connectivity index (χ0n) is 24.8. The van der Waals surface area contributed by atoms with Crippen LogP contribution in [0.15, 0.2) is 11.1 Å². The summed E-state index contributed by atoms with van der Waals surface area (Å²) >= 11 is 0. The molecule has 0 amide bonds. The first-order chi connectivity index (χ1) is 17.7. The van der Waals surface area contributed by atoms with Crippen LogP contribution < -0.4 is 0 Å². The summed E-state index contributed by atoms with van der Waals surface area (Å²) in [6.45, 7) is 14.6. The number of aliphatic hydroxyl groups excluding tert-OH is 1. The molecule has 4 saturated carbocycles. The molecular weight excluding hydrogens is 480 g/mol. The number of allylic oxidation sites excluding steroid dienone is 1. The Bertz CT molecular complexity index is 938. The van der Waals surface area contributed by atoms with Crippen molar-refractivity contribution in [3.8, 4) is 0 Å². The molecule has 0 unspecified atom stereocenters. The fourth-order valence-electron chi connectivity index (χ4n) is 9.81. The van der Waals surface area contributed by atoms with Gasteiger partial charge in [-0.2, -0.15) is 0 Å². The minimum Gasteiger partial charge on any atom is -0.461 e. The maximum Gasteiger partial charge on any atom is 0.303 e. The molecular formula is C32H52O6. The van der Waals surface area contributed by atoms with E-state index in [1.54, 1.807) is 0 Å². The summed E-state index contributed by atoms with van der Waals surface area (Å²) in [4.78, 5) is 23.5. The van der Waals surface area contributed by atoms with E-state index in [1.165, 1.54) is 44.3 Å². The second kappa shape index (κ2) is 10.9. The van der Waals surface area contributed by atoms with E-state index in [2.05, 4.69) is 34.6 Å². The van der Waals surface area contributed by atoms with Gasteiger partial charge in [-0.15, -0.1) is 0 Å². The largest absolute Gasteiger partial charge is 0.461 e. The van der Waals surface area contributed by atoms with E-state index in [0.29, 0.717) is 55.5 Å². The van der Waals surface area contributed by atoms with Gasteiger partial charge in [0.1, 0.15) is 18.3 Å². The van der Waals surface area contributed by atoms with Gasteiger partial charge in [0.05, 0.1) is 6.10 Å². The summed E-state index contributed by atoms with van der Waals surface area (Å²) in [6, 6.07) is 0. The number of esters is 2. The Kier molecular flexibility index (Phi) is 8.47. The van der Waals surface area contributed by atoms with Gasteiger partial charge in [0.15, 0.2) is 0 Å². The first-order valence-electron chi connectivity index (χ1n) is 15.1. The molecule has 4 aliphatic rings. The second-order valence-corrected chi connectivity index (χ2v) is 14.1. The van der Waals surface area contributed by atoms with E-state index >= 15 is 0 Å². The number of rotatable bonds is 7. The number of hydrogen-bond acceptors (Lipinski definition) is 6. The standard InChI is InChI=1S/C32H52O6/c1-19(2)23(18-37-21(4)33)9-8-20(3)26-10-11-27-25-16-29(38-22(5)34)32(36)17-24(35)12-15-31(32,7)28(25)13-14-30(26,27)6/h20,24-29,35-36H,8-18H2,1-7H3/t20-,24+,25+,26-,27+,28+,29-,30-,31-,32+/m1/s1. The smallest absolute Gasteiger partial charge is 0.303 e. The second-order valence-electron chi connectivity index (χ2n) is 14.1. The highest BCUT2D eigenvalue weighted by molar-refractivity contribution is 5.66. The first-order valence-corrected chi connectivity index (χ1v) is 15.1. The quantitative estimate of drug-likeness (QED) is 0.310. The maximum absolute atomic E-state index is 12.1. The van der Waals surface area contributed by atoms with E-state index in [1.807, 2.05) is 0 Å². The zero-order chi connectivity index (χ0) is 28.0. The lowest BCUT2D eigenvalue weighted by molar-refractivity contribution is -0.269. The summed E-state index contributed by atoms with van der Waals surface area (Å²) in [6.07, 6.45) is 8.12. The van der Waals surface area contributed by atoms with Crippen LogP contribution in [0.4, 0.5) is 0 Å². The molecule has 10 atom stereocenters. The number of carbonyl (C=O) groups excluding carboxylic acids is 2. The van der Waals surface area contributed by atoms with Gasteiger partial charge >= 0.3 is 11.9 Å². The molecule has 0 aromatic rings. The zero-order valence-corrected chi connectivity index (χ0v) is 24.8. The van der Waals surface area contributed by atoms with Gasteiger partial charge < -0.3 is 19.7 Å². The average molecular weight is 533 g/mol. The average Bonchev–Trinajstić information content (AvgIpc) is 3.17. The van der Waals surface area contributed by atoms with Crippen molar-refractivity contribution in [1.82, 2.24) is 0 Å². The predicted octanol–water partition coefficient (Wildman–Crippen LogP) is 5.98. The highest BCUT2D eigenvalue weighted by Gasteiger charge is 2.68. The molecule has 6 heteroatoms. The Labute approximate surface area is 229 Å². The van der Waals surface area contributed by atoms with Crippen LogP contribution in [0.25, 0.3) is 0 Å². The summed E-state index contributed by atoms with van der Waals surface area (Å²) < 4.78 is 11.2. The molecule has 4 fully saturated rings. The van der Waals surface area contributed by atoms with Crippen molar-refractivity contribution in [2.45, 2.75) is 130 Å². The van der Waals surface area contributed by atoms with Crippen LogP contribution >= 0.6 is 0 Å². The van der Waals surface area contributed by atoms with Crippen LogP contribution in [-0.4, -0.2) is 46.6 Å². The predicted molar refractivity (Wildman–Crippen MR) is 147 cm³/mol. The molecule has 2 N–H and O–H groups in total. The SMILES string of the molecule is CC(=O)OCC(CC[C@@H](C)[C@H]1CC[C@H]2[C@@H]3C[C@@H](OC(C)=O)[C@@]4(O)C[C@@H](O)CC[C@]4(C)[C@H]3CC[C@]12C)=C(C)C. The first kappa shape index (κ1) is 29.6. The normalized spacial score (nSPS) is 42.8. The highest BCUT2D eigenvalue weighted by Crippen LogP contribution is 2.69. The van der Waals surface area contributed by atoms with E-state index in [0.717, 1.165) is 25.7 Å². The minimum absolute atomic E-state index is 0.229. The minimum atomic E-state index is -1.17. The van der Waals surface area contributed by atoms with Crippen LogP contribution in [-0.2, 0) is 19.1 Å². The van der Waals surface area contributed by atoms with Gasteiger partial charge in [0, 0.05) is 25.7 Å². The monoisotopic (exact) mass is 532 g/mol.